The van der Waals surface area contributed by atoms with E-state index >= 15 is 0 Å². The van der Waals surface area contributed by atoms with Crippen LogP contribution in [0.5, 0.6) is 0 Å². The van der Waals surface area contributed by atoms with Crippen LogP contribution in [-0.2, 0) is 37.4 Å². The molecule has 0 saturated carbocycles. The second kappa shape index (κ2) is 35.8. The van der Waals surface area contributed by atoms with Gasteiger partial charge in [-0.05, 0) is 66.7 Å². The van der Waals surface area contributed by atoms with Gasteiger partial charge < -0.3 is 0 Å². The summed E-state index contributed by atoms with van der Waals surface area (Å²) in [7, 11) is 0. The van der Waals surface area contributed by atoms with E-state index in [1.54, 1.807) is 22.3 Å². The van der Waals surface area contributed by atoms with Crippen LogP contribution in [0.4, 0.5) is 0 Å². The summed E-state index contributed by atoms with van der Waals surface area (Å²) >= 11 is -5.00. The molecule has 0 aromatic heterocycles. The summed E-state index contributed by atoms with van der Waals surface area (Å²) in [6.07, 6.45) is 47.0. The fourth-order valence-corrected chi connectivity index (χ4v) is 7.52. The quantitative estimate of drug-likeness (QED) is 0.0419. The zero-order valence-electron chi connectivity index (χ0n) is 34.4. The van der Waals surface area contributed by atoms with Crippen LogP contribution in [0.25, 0.3) is 0 Å². The van der Waals surface area contributed by atoms with E-state index in [0.717, 1.165) is 0 Å². The molecule has 0 amide bonds. The van der Waals surface area contributed by atoms with Gasteiger partial charge >= 0.3 is 32.9 Å². The number of rotatable bonds is 34. The number of benzene rings is 1. The minimum atomic E-state index is -5.00. The van der Waals surface area contributed by atoms with Gasteiger partial charge in [0.15, 0.2) is 0 Å². The first-order valence-electron chi connectivity index (χ1n) is 22.2. The molecule has 0 bridgehead atoms. The summed E-state index contributed by atoms with van der Waals surface area (Å²) in [6.45, 7) is 11.8. The van der Waals surface area contributed by atoms with Gasteiger partial charge in [0, 0.05) is 0 Å². The van der Waals surface area contributed by atoms with Gasteiger partial charge in [0.2, 0.25) is 0 Å². The molecule has 1 aromatic rings. The van der Waals surface area contributed by atoms with Crippen molar-refractivity contribution in [3.63, 3.8) is 0 Å². The van der Waals surface area contributed by atoms with Gasteiger partial charge in [0.1, 0.15) is 0 Å². The van der Waals surface area contributed by atoms with Crippen molar-refractivity contribution in [2.75, 3.05) is 0 Å². The Bertz CT molecular complexity index is 844. The van der Waals surface area contributed by atoms with E-state index < -0.39 is 18.1 Å². The van der Waals surface area contributed by atoms with Gasteiger partial charge in [-0.1, -0.05) is 220 Å². The van der Waals surface area contributed by atoms with Crippen LogP contribution < -0.4 is 0 Å². The molecule has 0 unspecified atom stereocenters. The van der Waals surface area contributed by atoms with Crippen LogP contribution >= 0.6 is 0 Å². The Labute approximate surface area is 318 Å². The zero-order valence-corrected chi connectivity index (χ0v) is 35.9. The summed E-state index contributed by atoms with van der Waals surface area (Å²) in [6, 6.07) is 5.11. The number of hydrogen-bond donors (Lipinski definition) is 4. The van der Waals surface area contributed by atoms with Crippen LogP contribution in [0.1, 0.15) is 255 Å². The van der Waals surface area contributed by atoms with Gasteiger partial charge in [-0.15, -0.1) is 0 Å². The summed E-state index contributed by atoms with van der Waals surface area (Å²) in [5.41, 5.74) is 6.97. The maximum atomic E-state index is 7.38. The van der Waals surface area contributed by atoms with Crippen LogP contribution in [-0.4, -0.2) is 14.8 Å². The normalized spacial score (nSPS) is 11.7. The molecule has 0 saturated heterocycles. The SMILES string of the molecule is CCCCCCCCCCCCc1ccc(C(C)C)c(CCCCCCCCCCCC)c1CCCCCCCCCCCC.[OH][Ti]([OH])([OH])[OH]. The van der Waals surface area contributed by atoms with Crippen molar-refractivity contribution in [3.05, 3.63) is 34.4 Å². The average molecular weight is 741 g/mol. The predicted molar refractivity (Wildman–Crippen MR) is 216 cm³/mol. The second-order valence-electron chi connectivity index (χ2n) is 15.8. The Morgan fingerprint density at radius 3 is 0.940 bits per heavy atom. The molecule has 4 nitrogen and oxygen atoms in total. The first-order valence-corrected chi connectivity index (χ1v) is 25.0. The molecule has 0 heterocycles. The van der Waals surface area contributed by atoms with Gasteiger partial charge in [0.05, 0.1) is 0 Å². The summed E-state index contributed by atoms with van der Waals surface area (Å²) < 4.78 is 29.5. The molecule has 0 aliphatic carbocycles. The van der Waals surface area contributed by atoms with Crippen molar-refractivity contribution in [1.29, 1.82) is 0 Å². The van der Waals surface area contributed by atoms with E-state index in [9.17, 15) is 0 Å². The fourth-order valence-electron chi connectivity index (χ4n) is 7.52. The van der Waals surface area contributed by atoms with E-state index in [0.29, 0.717) is 5.92 Å². The zero-order chi connectivity index (χ0) is 37.1. The molecule has 296 valence electrons. The third kappa shape index (κ3) is 32.4. The summed E-state index contributed by atoms with van der Waals surface area (Å²) in [5.74, 6) is 0.640. The molecule has 0 fully saturated rings. The molecular formula is C45H88O4Ti. The van der Waals surface area contributed by atoms with Crippen LogP contribution in [0, 0.1) is 0 Å². The van der Waals surface area contributed by atoms with Crippen molar-refractivity contribution in [2.45, 2.75) is 252 Å². The van der Waals surface area contributed by atoms with Crippen molar-refractivity contribution in [3.8, 4) is 0 Å². The molecule has 1 aromatic carbocycles. The molecule has 0 aliphatic rings. The molecule has 0 radical (unpaired) electrons. The standard InChI is InChI=1S/C45H84.4H2O.Ti/c1-6-9-12-15-18-21-24-27-30-33-36-42-39-40-43(41(4)5)45(38-35-32-29-26-23-20-17-14-11-8-3)44(42)37-34-31-28-25-22-19-16-13-10-7-2;;;;;/h39-41H,6-38H2,1-5H3;4*1H2;/q;;;;;+4/p-4. The van der Waals surface area contributed by atoms with Crippen LogP contribution in [0.15, 0.2) is 12.1 Å². The topological polar surface area (TPSA) is 80.9 Å². The maximum absolute atomic E-state index is 7.38. The molecule has 0 atom stereocenters. The van der Waals surface area contributed by atoms with Gasteiger partial charge in [0.25, 0.3) is 0 Å². The molecule has 1 rings (SSSR count). The molecule has 4 N–H and O–H groups in total. The van der Waals surface area contributed by atoms with Crippen LogP contribution in [0.3, 0.4) is 0 Å². The number of hydrogen-bond acceptors (Lipinski definition) is 4. The van der Waals surface area contributed by atoms with Gasteiger partial charge in [-0.2, -0.15) is 0 Å². The molecular weight excluding hydrogens is 652 g/mol. The Morgan fingerprint density at radius 1 is 0.380 bits per heavy atom. The first-order chi connectivity index (χ1) is 24.2. The molecule has 0 aliphatic heterocycles. The molecule has 50 heavy (non-hydrogen) atoms. The number of aryl methyl sites for hydroxylation is 1. The van der Waals surface area contributed by atoms with Gasteiger partial charge in [-0.3, -0.25) is 0 Å². The van der Waals surface area contributed by atoms with Crippen LogP contribution in [0.2, 0.25) is 0 Å². The predicted octanol–water partition coefficient (Wildman–Crippen LogP) is 14.0. The Hall–Kier alpha value is -0.226. The van der Waals surface area contributed by atoms with Crippen molar-refractivity contribution in [1.82, 2.24) is 0 Å². The minimum absolute atomic E-state index is 0.640. The summed E-state index contributed by atoms with van der Waals surface area (Å²) in [4.78, 5) is 0. The Balaban J connectivity index is 0.00000445. The Kier molecular flexibility index (Phi) is 35.6. The third-order valence-corrected chi connectivity index (χ3v) is 10.5. The van der Waals surface area contributed by atoms with E-state index in [-0.39, 0.29) is 0 Å². The van der Waals surface area contributed by atoms with E-state index in [1.807, 2.05) is 0 Å². The first kappa shape index (κ1) is 49.8. The van der Waals surface area contributed by atoms with E-state index in [1.165, 1.54) is 212 Å². The molecule has 0 spiro atoms. The Morgan fingerprint density at radius 2 is 0.640 bits per heavy atom. The third-order valence-electron chi connectivity index (χ3n) is 10.5. The number of unbranched alkanes of at least 4 members (excludes halogenated alkanes) is 27. The van der Waals surface area contributed by atoms with Crippen molar-refractivity contribution < 1.29 is 32.9 Å². The molecule has 5 heteroatoms. The van der Waals surface area contributed by atoms with Crippen molar-refractivity contribution in [2.24, 2.45) is 0 Å². The van der Waals surface area contributed by atoms with E-state index in [4.69, 9.17) is 14.8 Å². The summed E-state index contributed by atoms with van der Waals surface area (Å²) in [5, 5.41) is 0. The monoisotopic (exact) mass is 741 g/mol. The van der Waals surface area contributed by atoms with E-state index in [2.05, 4.69) is 46.8 Å². The average Bonchev–Trinajstić information content (AvgIpc) is 3.07. The van der Waals surface area contributed by atoms with Gasteiger partial charge in [-0.25, -0.2) is 0 Å². The fraction of sp³-hybridized carbons (Fsp3) is 0.867. The van der Waals surface area contributed by atoms with Crippen molar-refractivity contribution >= 4 is 0 Å². The second-order valence-corrected chi connectivity index (χ2v) is 17.7.